The maximum absolute atomic E-state index is 8.62. The fourth-order valence-electron chi connectivity index (χ4n) is 2.02. The molecule has 0 radical (unpaired) electrons. The standard InChI is InChI=1S/C11H24N2O/c1-2-13-7-4-11(5-8-13)10-12-6-3-9-14/h11-12,14H,2-10H2,1H3. The molecule has 0 bridgehead atoms. The van der Waals surface area contributed by atoms with Crippen LogP contribution in [0.25, 0.3) is 0 Å². The Kier molecular flexibility index (Phi) is 6.15. The first-order chi connectivity index (χ1) is 6.86. The Morgan fingerprint density at radius 3 is 2.64 bits per heavy atom. The van der Waals surface area contributed by atoms with Crippen molar-refractivity contribution in [2.75, 3.05) is 39.3 Å². The lowest BCUT2D eigenvalue weighted by atomic mass is 9.97. The van der Waals surface area contributed by atoms with E-state index in [1.54, 1.807) is 0 Å². The summed E-state index contributed by atoms with van der Waals surface area (Å²) in [5.74, 6) is 0.858. The van der Waals surface area contributed by atoms with Gasteiger partial charge in [-0.1, -0.05) is 6.92 Å². The molecule has 0 aliphatic carbocycles. The summed E-state index contributed by atoms with van der Waals surface area (Å²) in [6.07, 6.45) is 3.55. The zero-order chi connectivity index (χ0) is 10.2. The van der Waals surface area contributed by atoms with Gasteiger partial charge in [-0.3, -0.25) is 0 Å². The minimum Gasteiger partial charge on any atom is -0.396 e. The van der Waals surface area contributed by atoms with Gasteiger partial charge in [-0.05, 0) is 57.9 Å². The van der Waals surface area contributed by atoms with Gasteiger partial charge in [-0.2, -0.15) is 0 Å². The molecule has 1 heterocycles. The van der Waals surface area contributed by atoms with E-state index in [0.29, 0.717) is 6.61 Å². The maximum Gasteiger partial charge on any atom is 0.0443 e. The first-order valence-electron chi connectivity index (χ1n) is 5.90. The molecule has 1 saturated heterocycles. The smallest absolute Gasteiger partial charge is 0.0443 e. The third-order valence-electron chi connectivity index (χ3n) is 3.10. The van der Waals surface area contributed by atoms with Crippen molar-refractivity contribution < 1.29 is 5.11 Å². The molecule has 0 aromatic rings. The number of likely N-dealkylation sites (tertiary alicyclic amines) is 1. The van der Waals surface area contributed by atoms with Crippen molar-refractivity contribution >= 4 is 0 Å². The van der Waals surface area contributed by atoms with E-state index in [0.717, 1.165) is 25.4 Å². The number of nitrogens with zero attached hydrogens (tertiary/aromatic N) is 1. The van der Waals surface area contributed by atoms with Crippen LogP contribution in [0.15, 0.2) is 0 Å². The molecule has 0 saturated carbocycles. The summed E-state index contributed by atoms with van der Waals surface area (Å²) in [6, 6.07) is 0. The maximum atomic E-state index is 8.62. The van der Waals surface area contributed by atoms with Crippen LogP contribution in [0.4, 0.5) is 0 Å². The predicted octanol–water partition coefficient (Wildman–Crippen LogP) is 0.690. The molecule has 1 fully saturated rings. The van der Waals surface area contributed by atoms with Crippen molar-refractivity contribution in [2.45, 2.75) is 26.2 Å². The molecule has 1 aliphatic rings. The van der Waals surface area contributed by atoms with Gasteiger partial charge in [0, 0.05) is 6.61 Å². The molecule has 0 aromatic carbocycles. The van der Waals surface area contributed by atoms with Crippen molar-refractivity contribution in [3.63, 3.8) is 0 Å². The molecule has 1 aliphatic heterocycles. The Balaban J connectivity index is 1.98. The number of rotatable bonds is 6. The minimum absolute atomic E-state index is 0.307. The Hall–Kier alpha value is -0.120. The van der Waals surface area contributed by atoms with E-state index >= 15 is 0 Å². The third kappa shape index (κ3) is 4.40. The average molecular weight is 200 g/mol. The highest BCUT2D eigenvalue weighted by atomic mass is 16.3. The van der Waals surface area contributed by atoms with Crippen LogP contribution in [0, 0.1) is 5.92 Å². The summed E-state index contributed by atoms with van der Waals surface area (Å²) < 4.78 is 0. The topological polar surface area (TPSA) is 35.5 Å². The van der Waals surface area contributed by atoms with Gasteiger partial charge in [-0.15, -0.1) is 0 Å². The van der Waals surface area contributed by atoms with Crippen molar-refractivity contribution in [3.05, 3.63) is 0 Å². The number of aliphatic hydroxyl groups excluding tert-OH is 1. The molecule has 2 N–H and O–H groups in total. The third-order valence-corrected chi connectivity index (χ3v) is 3.10. The SMILES string of the molecule is CCN1CCC(CNCCCO)CC1. The molecule has 84 valence electrons. The zero-order valence-electron chi connectivity index (χ0n) is 9.34. The van der Waals surface area contributed by atoms with Gasteiger partial charge in [0.25, 0.3) is 0 Å². The predicted molar refractivity (Wildman–Crippen MR) is 59.4 cm³/mol. The van der Waals surface area contributed by atoms with Gasteiger partial charge in [-0.25, -0.2) is 0 Å². The molecule has 0 atom stereocenters. The molecular formula is C11H24N2O. The van der Waals surface area contributed by atoms with Crippen LogP contribution < -0.4 is 5.32 Å². The van der Waals surface area contributed by atoms with Gasteiger partial charge in [0.2, 0.25) is 0 Å². The first-order valence-corrected chi connectivity index (χ1v) is 5.90. The van der Waals surface area contributed by atoms with Gasteiger partial charge >= 0.3 is 0 Å². The summed E-state index contributed by atoms with van der Waals surface area (Å²) in [5, 5.41) is 12.0. The number of hydrogen-bond donors (Lipinski definition) is 2. The Morgan fingerprint density at radius 1 is 1.36 bits per heavy atom. The lowest BCUT2D eigenvalue weighted by Crippen LogP contribution is -2.37. The molecule has 1 rings (SSSR count). The van der Waals surface area contributed by atoms with Gasteiger partial charge < -0.3 is 15.3 Å². The fourth-order valence-corrected chi connectivity index (χ4v) is 2.02. The second-order valence-electron chi connectivity index (χ2n) is 4.16. The van der Waals surface area contributed by atoms with E-state index in [1.165, 1.54) is 32.5 Å². The van der Waals surface area contributed by atoms with Gasteiger partial charge in [0.15, 0.2) is 0 Å². The number of nitrogens with one attached hydrogen (secondary N) is 1. The molecule has 3 heteroatoms. The van der Waals surface area contributed by atoms with Crippen molar-refractivity contribution in [2.24, 2.45) is 5.92 Å². The van der Waals surface area contributed by atoms with Crippen LogP contribution in [0.5, 0.6) is 0 Å². The lowest BCUT2D eigenvalue weighted by molar-refractivity contribution is 0.189. The molecule has 3 nitrogen and oxygen atoms in total. The fraction of sp³-hybridized carbons (Fsp3) is 1.00. The van der Waals surface area contributed by atoms with E-state index in [4.69, 9.17) is 5.11 Å². The van der Waals surface area contributed by atoms with Crippen LogP contribution in [0.1, 0.15) is 26.2 Å². The molecule has 0 aromatic heterocycles. The normalized spacial score (nSPS) is 20.1. The summed E-state index contributed by atoms with van der Waals surface area (Å²) >= 11 is 0. The van der Waals surface area contributed by atoms with Crippen LogP contribution in [0.2, 0.25) is 0 Å². The number of hydrogen-bond acceptors (Lipinski definition) is 3. The van der Waals surface area contributed by atoms with Crippen molar-refractivity contribution in [1.82, 2.24) is 10.2 Å². The van der Waals surface area contributed by atoms with Crippen LogP contribution >= 0.6 is 0 Å². The Labute approximate surface area is 87.5 Å². The van der Waals surface area contributed by atoms with Gasteiger partial charge in [0.05, 0.1) is 0 Å². The summed E-state index contributed by atoms with van der Waals surface area (Å²) in [6.45, 7) is 8.37. The van der Waals surface area contributed by atoms with Crippen molar-refractivity contribution in [3.8, 4) is 0 Å². The minimum atomic E-state index is 0.307. The van der Waals surface area contributed by atoms with E-state index in [-0.39, 0.29) is 0 Å². The summed E-state index contributed by atoms with van der Waals surface area (Å²) in [5.41, 5.74) is 0. The Morgan fingerprint density at radius 2 is 2.07 bits per heavy atom. The highest BCUT2D eigenvalue weighted by Gasteiger charge is 2.16. The second-order valence-corrected chi connectivity index (χ2v) is 4.16. The summed E-state index contributed by atoms with van der Waals surface area (Å²) in [4.78, 5) is 2.52. The van der Waals surface area contributed by atoms with Crippen LogP contribution in [-0.2, 0) is 0 Å². The number of aliphatic hydroxyl groups is 1. The largest absolute Gasteiger partial charge is 0.396 e. The van der Waals surface area contributed by atoms with E-state index < -0.39 is 0 Å². The summed E-state index contributed by atoms with van der Waals surface area (Å²) in [7, 11) is 0. The Bertz CT molecular complexity index is 133. The molecule has 0 unspecified atom stereocenters. The van der Waals surface area contributed by atoms with Crippen LogP contribution in [0.3, 0.4) is 0 Å². The number of piperidine rings is 1. The quantitative estimate of drug-likeness (QED) is 0.619. The second kappa shape index (κ2) is 7.21. The average Bonchev–Trinajstić information content (AvgIpc) is 2.25. The van der Waals surface area contributed by atoms with Crippen molar-refractivity contribution in [1.29, 1.82) is 0 Å². The highest BCUT2D eigenvalue weighted by Crippen LogP contribution is 2.15. The zero-order valence-corrected chi connectivity index (χ0v) is 9.34. The molecular weight excluding hydrogens is 176 g/mol. The van der Waals surface area contributed by atoms with E-state index in [1.807, 2.05) is 0 Å². The molecule has 0 spiro atoms. The molecule has 14 heavy (non-hydrogen) atoms. The molecule has 0 amide bonds. The van der Waals surface area contributed by atoms with Crippen LogP contribution in [-0.4, -0.2) is 49.3 Å². The highest BCUT2D eigenvalue weighted by molar-refractivity contribution is 4.72. The van der Waals surface area contributed by atoms with Gasteiger partial charge in [0.1, 0.15) is 0 Å². The monoisotopic (exact) mass is 200 g/mol. The first kappa shape index (κ1) is 12.0. The van der Waals surface area contributed by atoms with E-state index in [2.05, 4.69) is 17.1 Å². The lowest BCUT2D eigenvalue weighted by Gasteiger charge is -2.31. The van der Waals surface area contributed by atoms with E-state index in [9.17, 15) is 0 Å².